The lowest BCUT2D eigenvalue weighted by Gasteiger charge is -2.14. The van der Waals surface area contributed by atoms with Gasteiger partial charge in [0.25, 0.3) is 5.91 Å². The number of nitrogen functional groups attached to an aromatic ring is 1. The van der Waals surface area contributed by atoms with E-state index >= 15 is 0 Å². The number of carbonyl (C=O) groups is 1. The fraction of sp³-hybridized carbons (Fsp3) is 0.333. The first kappa shape index (κ1) is 19.5. The van der Waals surface area contributed by atoms with E-state index < -0.39 is 12.1 Å². The summed E-state index contributed by atoms with van der Waals surface area (Å²) in [5.41, 5.74) is 20.4. The van der Waals surface area contributed by atoms with Gasteiger partial charge in [-0.3, -0.25) is 9.48 Å². The third-order valence-electron chi connectivity index (χ3n) is 3.62. The van der Waals surface area contributed by atoms with Gasteiger partial charge in [-0.25, -0.2) is 0 Å². The van der Waals surface area contributed by atoms with Crippen LogP contribution in [0.15, 0.2) is 42.4 Å². The van der Waals surface area contributed by atoms with Gasteiger partial charge in [-0.05, 0) is 31.5 Å². The Morgan fingerprint density at radius 3 is 2.73 bits per heavy atom. The minimum absolute atomic E-state index is 0.00321. The molecule has 0 saturated carbocycles. The monoisotopic (exact) mass is 358 g/mol. The van der Waals surface area contributed by atoms with Crippen molar-refractivity contribution in [2.24, 2.45) is 18.5 Å². The molecule has 8 heteroatoms. The number of ether oxygens (including phenoxy) is 1. The number of hydrogen-bond donors (Lipinski definition) is 4. The zero-order chi connectivity index (χ0) is 19.3. The van der Waals surface area contributed by atoms with Crippen molar-refractivity contribution in [1.29, 1.82) is 0 Å². The van der Waals surface area contributed by atoms with Gasteiger partial charge >= 0.3 is 0 Å². The molecule has 0 fully saturated rings. The fourth-order valence-electron chi connectivity index (χ4n) is 2.35. The minimum Gasteiger partial charge on any atom is -0.397 e. The van der Waals surface area contributed by atoms with Gasteiger partial charge in [-0.2, -0.15) is 5.10 Å². The van der Waals surface area contributed by atoms with Crippen LogP contribution in [0.2, 0.25) is 0 Å². The molecule has 0 spiro atoms. The van der Waals surface area contributed by atoms with E-state index in [9.17, 15) is 4.79 Å². The van der Waals surface area contributed by atoms with E-state index in [-0.39, 0.29) is 11.8 Å². The Balaban J connectivity index is 2.08. The first-order valence-electron chi connectivity index (χ1n) is 8.33. The van der Waals surface area contributed by atoms with Crippen LogP contribution in [0.5, 0.6) is 0 Å². The molecule has 0 bridgehead atoms. The highest BCUT2D eigenvalue weighted by molar-refractivity contribution is 6.05. The number of benzene rings is 1. The second kappa shape index (κ2) is 8.50. The van der Waals surface area contributed by atoms with Crippen molar-refractivity contribution in [3.05, 3.63) is 42.4 Å². The molecule has 0 radical (unpaired) electrons. The van der Waals surface area contributed by atoms with Gasteiger partial charge in [0.1, 0.15) is 6.23 Å². The van der Waals surface area contributed by atoms with Crippen molar-refractivity contribution in [1.82, 2.24) is 9.78 Å². The van der Waals surface area contributed by atoms with Crippen LogP contribution >= 0.6 is 0 Å². The van der Waals surface area contributed by atoms with Gasteiger partial charge in [-0.15, -0.1) is 0 Å². The number of nitrogens with one attached hydrogen (secondary N) is 1. The molecule has 26 heavy (non-hydrogen) atoms. The van der Waals surface area contributed by atoms with Crippen LogP contribution in [0.25, 0.3) is 11.1 Å². The first-order chi connectivity index (χ1) is 12.3. The molecule has 1 aromatic heterocycles. The van der Waals surface area contributed by atoms with E-state index in [1.807, 2.05) is 33.2 Å². The van der Waals surface area contributed by atoms with Crippen molar-refractivity contribution >= 4 is 17.3 Å². The second-order valence-electron chi connectivity index (χ2n) is 6.28. The molecule has 1 atom stereocenters. The normalized spacial score (nSPS) is 13.0. The van der Waals surface area contributed by atoms with E-state index in [0.717, 1.165) is 11.1 Å². The number of aryl methyl sites for hydroxylation is 1. The molecule has 0 aliphatic carbocycles. The van der Waals surface area contributed by atoms with Gasteiger partial charge in [0.2, 0.25) is 0 Å². The zero-order valence-corrected chi connectivity index (χ0v) is 15.3. The quantitative estimate of drug-likeness (QED) is 0.337. The number of anilines is 2. The predicted octanol–water partition coefficient (Wildman–Crippen LogP) is 1.55. The summed E-state index contributed by atoms with van der Waals surface area (Å²) in [6.45, 7) is 3.77. The van der Waals surface area contributed by atoms with E-state index in [0.29, 0.717) is 17.8 Å². The Morgan fingerprint density at radius 1 is 1.38 bits per heavy atom. The Labute approximate surface area is 153 Å². The van der Waals surface area contributed by atoms with Gasteiger partial charge in [-0.1, -0.05) is 12.1 Å². The zero-order valence-electron chi connectivity index (χ0n) is 15.3. The molecule has 2 rings (SSSR count). The standard InChI is InChI=1S/C18H26N6O2/c1-11(2)26-17(21)7-6-15(20)18(25)23-16-8-12(4-5-14(16)19)13-9-22-24(3)10-13/h4-6,8-11,17H,7,19-21H2,1-3H3,(H,23,25)/b15-6-. The second-order valence-corrected chi connectivity index (χ2v) is 6.28. The summed E-state index contributed by atoms with van der Waals surface area (Å²) >= 11 is 0. The molecular weight excluding hydrogens is 332 g/mol. The lowest BCUT2D eigenvalue weighted by molar-refractivity contribution is -0.112. The predicted molar refractivity (Wildman–Crippen MR) is 103 cm³/mol. The lowest BCUT2D eigenvalue weighted by atomic mass is 10.1. The fourth-order valence-corrected chi connectivity index (χ4v) is 2.35. The Kier molecular flexibility index (Phi) is 6.37. The summed E-state index contributed by atoms with van der Waals surface area (Å²) in [7, 11) is 1.84. The van der Waals surface area contributed by atoms with Crippen molar-refractivity contribution in [2.45, 2.75) is 32.6 Å². The van der Waals surface area contributed by atoms with E-state index in [2.05, 4.69) is 10.4 Å². The maximum Gasteiger partial charge on any atom is 0.271 e. The summed E-state index contributed by atoms with van der Waals surface area (Å²) in [5.74, 6) is -0.447. The molecule has 0 aliphatic heterocycles. The van der Waals surface area contributed by atoms with Crippen LogP contribution < -0.4 is 22.5 Å². The summed E-state index contributed by atoms with van der Waals surface area (Å²) in [6.07, 6.45) is 4.98. The average molecular weight is 358 g/mol. The molecule has 0 saturated heterocycles. The molecule has 1 unspecified atom stereocenters. The number of amides is 1. The lowest BCUT2D eigenvalue weighted by Crippen LogP contribution is -2.27. The molecule has 140 valence electrons. The third-order valence-corrected chi connectivity index (χ3v) is 3.62. The van der Waals surface area contributed by atoms with Gasteiger partial charge in [0.15, 0.2) is 0 Å². The van der Waals surface area contributed by atoms with Crippen LogP contribution in [0.3, 0.4) is 0 Å². The van der Waals surface area contributed by atoms with Gasteiger partial charge in [0.05, 0.1) is 29.4 Å². The smallest absolute Gasteiger partial charge is 0.271 e. The van der Waals surface area contributed by atoms with Crippen molar-refractivity contribution in [3.63, 3.8) is 0 Å². The number of aromatic nitrogens is 2. The SMILES string of the molecule is CC(C)OC(N)C/C=C(\N)C(=O)Nc1cc(-c2cnn(C)c2)ccc1N. The maximum absolute atomic E-state index is 12.3. The molecule has 0 aliphatic rings. The van der Waals surface area contributed by atoms with E-state index in [1.54, 1.807) is 29.1 Å². The molecule has 2 aromatic rings. The highest BCUT2D eigenvalue weighted by atomic mass is 16.5. The highest BCUT2D eigenvalue weighted by Gasteiger charge is 2.11. The van der Waals surface area contributed by atoms with E-state index in [4.69, 9.17) is 21.9 Å². The topological polar surface area (TPSA) is 134 Å². The number of rotatable bonds is 7. The Morgan fingerprint density at radius 2 is 2.12 bits per heavy atom. The van der Waals surface area contributed by atoms with E-state index in [1.165, 1.54) is 0 Å². The first-order valence-corrected chi connectivity index (χ1v) is 8.33. The Bertz CT molecular complexity index is 797. The summed E-state index contributed by atoms with van der Waals surface area (Å²) in [4.78, 5) is 12.3. The number of nitrogens with two attached hydrogens (primary N) is 3. The molecule has 8 nitrogen and oxygen atoms in total. The number of nitrogens with zero attached hydrogens (tertiary/aromatic N) is 2. The van der Waals surface area contributed by atoms with Crippen LogP contribution in [0, 0.1) is 0 Å². The molecule has 1 amide bonds. The summed E-state index contributed by atoms with van der Waals surface area (Å²) in [6, 6.07) is 5.37. The maximum atomic E-state index is 12.3. The summed E-state index contributed by atoms with van der Waals surface area (Å²) in [5, 5.41) is 6.87. The molecule has 7 N–H and O–H groups in total. The average Bonchev–Trinajstić information content (AvgIpc) is 3.00. The van der Waals surface area contributed by atoms with Crippen molar-refractivity contribution in [3.8, 4) is 11.1 Å². The minimum atomic E-state index is -0.514. The van der Waals surface area contributed by atoms with Crippen molar-refractivity contribution in [2.75, 3.05) is 11.1 Å². The van der Waals surface area contributed by atoms with Gasteiger partial charge < -0.3 is 27.3 Å². The van der Waals surface area contributed by atoms with Crippen LogP contribution in [0.1, 0.15) is 20.3 Å². The van der Waals surface area contributed by atoms with Crippen LogP contribution in [0.4, 0.5) is 11.4 Å². The molecule has 1 aromatic carbocycles. The highest BCUT2D eigenvalue weighted by Crippen LogP contribution is 2.27. The molecule has 1 heterocycles. The van der Waals surface area contributed by atoms with Crippen molar-refractivity contribution < 1.29 is 9.53 Å². The van der Waals surface area contributed by atoms with Crippen LogP contribution in [-0.4, -0.2) is 28.0 Å². The molecular formula is C18H26N6O2. The van der Waals surface area contributed by atoms with Crippen LogP contribution in [-0.2, 0) is 16.6 Å². The number of hydrogen-bond acceptors (Lipinski definition) is 6. The third kappa shape index (κ3) is 5.33. The summed E-state index contributed by atoms with van der Waals surface area (Å²) < 4.78 is 7.10. The Hall–Kier alpha value is -2.84. The van der Waals surface area contributed by atoms with Gasteiger partial charge in [0, 0.05) is 25.2 Å². The largest absolute Gasteiger partial charge is 0.397 e. The number of carbonyl (C=O) groups excluding carboxylic acids is 1.